The van der Waals surface area contributed by atoms with Crippen LogP contribution in [0.4, 0.5) is 0 Å². The van der Waals surface area contributed by atoms with Crippen LogP contribution in [0.25, 0.3) is 0 Å². The summed E-state index contributed by atoms with van der Waals surface area (Å²) in [4.78, 5) is 17.0. The molecule has 2 heterocycles. The zero-order chi connectivity index (χ0) is 17.1. The van der Waals surface area contributed by atoms with E-state index in [2.05, 4.69) is 10.2 Å². The maximum absolute atomic E-state index is 12.6. The van der Waals surface area contributed by atoms with E-state index in [-0.39, 0.29) is 5.91 Å². The first-order valence-corrected chi connectivity index (χ1v) is 9.15. The molecule has 1 aromatic rings. The number of nitrogens with one attached hydrogen (secondary N) is 1. The summed E-state index contributed by atoms with van der Waals surface area (Å²) >= 11 is 11.9. The van der Waals surface area contributed by atoms with Crippen molar-refractivity contribution in [3.8, 4) is 5.75 Å². The Morgan fingerprint density at radius 1 is 1.25 bits per heavy atom. The van der Waals surface area contributed by atoms with Gasteiger partial charge in [-0.1, -0.05) is 23.2 Å². The predicted molar refractivity (Wildman–Crippen MR) is 96.0 cm³/mol. The standard InChI is InChI=1S/C17H23Cl2N3O2/c1-12(24-14-2-3-15(18)16(19)10-14)17(23)22-7-4-13(11-22)21-8-5-20-6-9-21/h2-3,10,12-13,20H,4-9,11H2,1H3. The topological polar surface area (TPSA) is 44.8 Å². The van der Waals surface area contributed by atoms with Crippen LogP contribution >= 0.6 is 23.2 Å². The van der Waals surface area contributed by atoms with Gasteiger partial charge in [-0.3, -0.25) is 9.69 Å². The fraction of sp³-hybridized carbons (Fsp3) is 0.588. The van der Waals surface area contributed by atoms with Crippen LogP contribution in [0.3, 0.4) is 0 Å². The highest BCUT2D eigenvalue weighted by Crippen LogP contribution is 2.27. The molecule has 0 aromatic heterocycles. The Hall–Kier alpha value is -1.01. The van der Waals surface area contributed by atoms with E-state index in [4.69, 9.17) is 27.9 Å². The molecule has 7 heteroatoms. The average molecular weight is 372 g/mol. The summed E-state index contributed by atoms with van der Waals surface area (Å²) in [6.07, 6.45) is 0.495. The maximum Gasteiger partial charge on any atom is 0.263 e. The van der Waals surface area contributed by atoms with E-state index in [0.717, 1.165) is 45.7 Å². The largest absolute Gasteiger partial charge is 0.481 e. The number of likely N-dealkylation sites (tertiary alicyclic amines) is 1. The molecule has 2 atom stereocenters. The quantitative estimate of drug-likeness (QED) is 0.881. The number of halogens is 2. The molecule has 0 bridgehead atoms. The van der Waals surface area contributed by atoms with Gasteiger partial charge in [-0.2, -0.15) is 0 Å². The molecule has 2 saturated heterocycles. The molecule has 2 aliphatic rings. The number of carbonyl (C=O) groups excluding carboxylic acids is 1. The monoisotopic (exact) mass is 371 g/mol. The van der Waals surface area contributed by atoms with Crippen molar-refractivity contribution in [2.24, 2.45) is 0 Å². The lowest BCUT2D eigenvalue weighted by Crippen LogP contribution is -2.50. The van der Waals surface area contributed by atoms with Gasteiger partial charge in [-0.05, 0) is 25.5 Å². The van der Waals surface area contributed by atoms with Crippen LogP contribution in [-0.4, -0.2) is 67.1 Å². The lowest BCUT2D eigenvalue weighted by molar-refractivity contribution is -0.137. The highest BCUT2D eigenvalue weighted by molar-refractivity contribution is 6.42. The van der Waals surface area contributed by atoms with E-state index in [9.17, 15) is 4.79 Å². The summed E-state index contributed by atoms with van der Waals surface area (Å²) in [5.41, 5.74) is 0. The molecule has 3 rings (SSSR count). The van der Waals surface area contributed by atoms with Crippen molar-refractivity contribution in [2.45, 2.75) is 25.5 Å². The molecule has 0 spiro atoms. The minimum atomic E-state index is -0.538. The fourth-order valence-electron chi connectivity index (χ4n) is 3.35. The Kier molecular flexibility index (Phi) is 5.87. The second-order valence-corrected chi connectivity index (χ2v) is 7.16. The summed E-state index contributed by atoms with van der Waals surface area (Å²) in [5.74, 6) is 0.585. The highest BCUT2D eigenvalue weighted by Gasteiger charge is 2.33. The summed E-state index contributed by atoms with van der Waals surface area (Å²) in [6.45, 7) is 7.53. The van der Waals surface area contributed by atoms with E-state index < -0.39 is 6.10 Å². The van der Waals surface area contributed by atoms with Crippen LogP contribution in [0.5, 0.6) is 5.75 Å². The minimum Gasteiger partial charge on any atom is -0.481 e. The molecule has 1 aromatic carbocycles. The third-order valence-electron chi connectivity index (χ3n) is 4.69. The molecule has 0 saturated carbocycles. The molecule has 0 radical (unpaired) electrons. The van der Waals surface area contributed by atoms with Gasteiger partial charge in [0.15, 0.2) is 6.10 Å². The second-order valence-electron chi connectivity index (χ2n) is 6.35. The van der Waals surface area contributed by atoms with Gasteiger partial charge in [-0.15, -0.1) is 0 Å². The van der Waals surface area contributed by atoms with Crippen molar-refractivity contribution in [3.63, 3.8) is 0 Å². The van der Waals surface area contributed by atoms with E-state index in [0.29, 0.717) is 21.8 Å². The highest BCUT2D eigenvalue weighted by atomic mass is 35.5. The Bertz CT molecular complexity index is 593. The number of hydrogen-bond donors (Lipinski definition) is 1. The summed E-state index contributed by atoms with van der Waals surface area (Å²) in [6, 6.07) is 5.51. The summed E-state index contributed by atoms with van der Waals surface area (Å²) in [5, 5.41) is 4.26. The molecular formula is C17H23Cl2N3O2. The zero-order valence-corrected chi connectivity index (χ0v) is 15.3. The molecule has 2 unspecified atom stereocenters. The number of hydrogen-bond acceptors (Lipinski definition) is 4. The van der Waals surface area contributed by atoms with Gasteiger partial charge >= 0.3 is 0 Å². The van der Waals surface area contributed by atoms with E-state index in [1.165, 1.54) is 0 Å². The third-order valence-corrected chi connectivity index (χ3v) is 5.43. The van der Waals surface area contributed by atoms with Gasteiger partial charge in [-0.25, -0.2) is 0 Å². The Morgan fingerprint density at radius 3 is 2.71 bits per heavy atom. The lowest BCUT2D eigenvalue weighted by atomic mass is 10.2. The van der Waals surface area contributed by atoms with Crippen molar-refractivity contribution in [2.75, 3.05) is 39.3 Å². The maximum atomic E-state index is 12.6. The van der Waals surface area contributed by atoms with Gasteiger partial charge in [0.2, 0.25) is 0 Å². The van der Waals surface area contributed by atoms with Crippen LogP contribution in [0.2, 0.25) is 10.0 Å². The van der Waals surface area contributed by atoms with Crippen molar-refractivity contribution in [1.82, 2.24) is 15.1 Å². The normalized spacial score (nSPS) is 23.3. The molecule has 2 aliphatic heterocycles. The first-order chi connectivity index (χ1) is 11.5. The van der Waals surface area contributed by atoms with Crippen LogP contribution in [0, 0.1) is 0 Å². The van der Waals surface area contributed by atoms with E-state index in [1.54, 1.807) is 25.1 Å². The van der Waals surface area contributed by atoms with Crippen molar-refractivity contribution >= 4 is 29.1 Å². The number of amides is 1. The van der Waals surface area contributed by atoms with Crippen LogP contribution in [-0.2, 0) is 4.79 Å². The number of ether oxygens (including phenoxy) is 1. The second kappa shape index (κ2) is 7.91. The molecule has 24 heavy (non-hydrogen) atoms. The smallest absolute Gasteiger partial charge is 0.263 e. The van der Waals surface area contributed by atoms with Crippen LogP contribution in [0.15, 0.2) is 18.2 Å². The van der Waals surface area contributed by atoms with Crippen LogP contribution < -0.4 is 10.1 Å². The van der Waals surface area contributed by atoms with Crippen molar-refractivity contribution < 1.29 is 9.53 Å². The molecule has 0 aliphatic carbocycles. The predicted octanol–water partition coefficient (Wildman–Crippen LogP) is 2.27. The van der Waals surface area contributed by atoms with Gasteiger partial charge < -0.3 is 15.0 Å². The van der Waals surface area contributed by atoms with Crippen LogP contribution in [0.1, 0.15) is 13.3 Å². The van der Waals surface area contributed by atoms with E-state index in [1.807, 2.05) is 4.90 Å². The third kappa shape index (κ3) is 4.14. The van der Waals surface area contributed by atoms with Gasteiger partial charge in [0.1, 0.15) is 5.75 Å². The summed E-state index contributed by atoms with van der Waals surface area (Å²) < 4.78 is 5.75. The molecular weight excluding hydrogens is 349 g/mol. The van der Waals surface area contributed by atoms with Gasteiger partial charge in [0.05, 0.1) is 10.0 Å². The first kappa shape index (κ1) is 17.8. The molecule has 5 nitrogen and oxygen atoms in total. The average Bonchev–Trinajstić information content (AvgIpc) is 3.08. The molecule has 132 valence electrons. The first-order valence-electron chi connectivity index (χ1n) is 8.40. The van der Waals surface area contributed by atoms with Crippen molar-refractivity contribution in [1.29, 1.82) is 0 Å². The minimum absolute atomic E-state index is 0.0266. The SMILES string of the molecule is CC(Oc1ccc(Cl)c(Cl)c1)C(=O)N1CCC(N2CCNCC2)C1. The number of piperazine rings is 1. The summed E-state index contributed by atoms with van der Waals surface area (Å²) in [7, 11) is 0. The lowest BCUT2D eigenvalue weighted by Gasteiger charge is -2.32. The Morgan fingerprint density at radius 2 is 2.00 bits per heavy atom. The van der Waals surface area contributed by atoms with E-state index >= 15 is 0 Å². The van der Waals surface area contributed by atoms with Gasteiger partial charge in [0, 0.05) is 51.4 Å². The number of rotatable bonds is 4. The number of nitrogens with zero attached hydrogens (tertiary/aromatic N) is 2. The number of carbonyl (C=O) groups is 1. The molecule has 1 N–H and O–H groups in total. The fourth-order valence-corrected chi connectivity index (χ4v) is 3.64. The number of benzene rings is 1. The zero-order valence-electron chi connectivity index (χ0n) is 13.8. The molecule has 2 fully saturated rings. The molecule has 1 amide bonds. The Balaban J connectivity index is 1.54. The Labute approximate surface area is 152 Å². The van der Waals surface area contributed by atoms with Gasteiger partial charge in [0.25, 0.3) is 5.91 Å². The van der Waals surface area contributed by atoms with Crippen molar-refractivity contribution in [3.05, 3.63) is 28.2 Å².